The van der Waals surface area contributed by atoms with E-state index in [4.69, 9.17) is 4.74 Å². The topological polar surface area (TPSA) is 38.3 Å². The molecule has 2 aromatic carbocycles. The molecule has 3 heteroatoms. The number of ether oxygens (including phenoxy) is 1. The minimum absolute atomic E-state index is 0.0235. The van der Waals surface area contributed by atoms with Crippen molar-refractivity contribution >= 4 is 5.91 Å². The van der Waals surface area contributed by atoms with E-state index in [9.17, 15) is 4.79 Å². The van der Waals surface area contributed by atoms with Crippen LogP contribution in [-0.4, -0.2) is 13.0 Å². The smallest absolute Gasteiger partial charge is 0.231 e. The lowest BCUT2D eigenvalue weighted by Gasteiger charge is -2.30. The summed E-state index contributed by atoms with van der Waals surface area (Å²) in [5.74, 6) is 0.975. The van der Waals surface area contributed by atoms with Gasteiger partial charge in [0.2, 0.25) is 5.91 Å². The molecule has 1 N–H and O–H groups in total. The SMILES string of the molecule is COc1ccc(C(C)NC(=O)C2(c3ccccc3)CCCC2)cc1. The van der Waals surface area contributed by atoms with E-state index >= 15 is 0 Å². The normalized spacial score (nSPS) is 17.2. The second kappa shape index (κ2) is 7.08. The fraction of sp³-hybridized carbons (Fsp3) is 0.381. The van der Waals surface area contributed by atoms with Gasteiger partial charge in [0, 0.05) is 0 Å². The molecule has 126 valence electrons. The van der Waals surface area contributed by atoms with Gasteiger partial charge in [-0.25, -0.2) is 0 Å². The van der Waals surface area contributed by atoms with Crippen molar-refractivity contribution < 1.29 is 9.53 Å². The number of methoxy groups -OCH3 is 1. The highest BCUT2D eigenvalue weighted by molar-refractivity contribution is 5.88. The quantitative estimate of drug-likeness (QED) is 0.886. The number of hydrogen-bond acceptors (Lipinski definition) is 2. The van der Waals surface area contributed by atoms with E-state index in [0.29, 0.717) is 0 Å². The second-order valence-electron chi connectivity index (χ2n) is 6.62. The minimum atomic E-state index is -0.373. The van der Waals surface area contributed by atoms with Crippen LogP contribution in [0.15, 0.2) is 54.6 Å². The van der Waals surface area contributed by atoms with Crippen molar-refractivity contribution in [2.45, 2.75) is 44.1 Å². The Morgan fingerprint density at radius 1 is 1.04 bits per heavy atom. The van der Waals surface area contributed by atoms with Gasteiger partial charge in [-0.15, -0.1) is 0 Å². The van der Waals surface area contributed by atoms with Crippen LogP contribution in [0.1, 0.15) is 49.8 Å². The Balaban J connectivity index is 1.78. The van der Waals surface area contributed by atoms with E-state index in [1.54, 1.807) is 7.11 Å². The van der Waals surface area contributed by atoms with Gasteiger partial charge in [-0.1, -0.05) is 55.3 Å². The Kier molecular flexibility index (Phi) is 4.89. The Bertz CT molecular complexity index is 673. The second-order valence-corrected chi connectivity index (χ2v) is 6.62. The molecule has 3 rings (SSSR count). The van der Waals surface area contributed by atoms with E-state index in [2.05, 4.69) is 17.4 Å². The van der Waals surface area contributed by atoms with Crippen molar-refractivity contribution in [1.82, 2.24) is 5.32 Å². The van der Waals surface area contributed by atoms with Crippen LogP contribution in [0, 0.1) is 0 Å². The van der Waals surface area contributed by atoms with Crippen LogP contribution < -0.4 is 10.1 Å². The van der Waals surface area contributed by atoms with Gasteiger partial charge in [0.15, 0.2) is 0 Å². The van der Waals surface area contributed by atoms with E-state index < -0.39 is 0 Å². The van der Waals surface area contributed by atoms with Crippen molar-refractivity contribution in [3.8, 4) is 5.75 Å². The zero-order valence-electron chi connectivity index (χ0n) is 14.4. The van der Waals surface area contributed by atoms with E-state index in [0.717, 1.165) is 42.6 Å². The Morgan fingerprint density at radius 3 is 2.25 bits per heavy atom. The summed E-state index contributed by atoms with van der Waals surface area (Å²) in [7, 11) is 1.66. The van der Waals surface area contributed by atoms with Gasteiger partial charge in [-0.05, 0) is 43.0 Å². The average molecular weight is 323 g/mol. The highest BCUT2D eigenvalue weighted by Gasteiger charge is 2.42. The van der Waals surface area contributed by atoms with Gasteiger partial charge in [0.1, 0.15) is 5.75 Å². The van der Waals surface area contributed by atoms with Crippen molar-refractivity contribution in [2.75, 3.05) is 7.11 Å². The molecule has 1 amide bonds. The Hall–Kier alpha value is -2.29. The van der Waals surface area contributed by atoms with Crippen molar-refractivity contribution in [1.29, 1.82) is 0 Å². The molecule has 0 spiro atoms. The van der Waals surface area contributed by atoms with Gasteiger partial charge < -0.3 is 10.1 Å². The molecule has 0 aliphatic heterocycles. The van der Waals surface area contributed by atoms with Gasteiger partial charge >= 0.3 is 0 Å². The lowest BCUT2D eigenvalue weighted by molar-refractivity contribution is -0.127. The number of hydrogen-bond donors (Lipinski definition) is 1. The third-order valence-electron chi connectivity index (χ3n) is 5.18. The minimum Gasteiger partial charge on any atom is -0.497 e. The van der Waals surface area contributed by atoms with E-state index in [1.807, 2.05) is 49.4 Å². The molecule has 24 heavy (non-hydrogen) atoms. The third kappa shape index (κ3) is 3.16. The number of carbonyl (C=O) groups is 1. The van der Waals surface area contributed by atoms with Crippen LogP contribution in [0.3, 0.4) is 0 Å². The van der Waals surface area contributed by atoms with E-state index in [1.165, 1.54) is 0 Å². The zero-order chi connectivity index (χ0) is 17.0. The standard InChI is InChI=1S/C21H25NO2/c1-16(17-10-12-19(24-2)13-11-17)22-20(23)21(14-6-7-15-21)18-8-4-3-5-9-18/h3-5,8-13,16H,6-7,14-15H2,1-2H3,(H,22,23). The average Bonchev–Trinajstić information content (AvgIpc) is 3.13. The molecular formula is C21H25NO2. The molecule has 3 nitrogen and oxygen atoms in total. The maximum atomic E-state index is 13.1. The number of amides is 1. The Labute approximate surface area is 144 Å². The number of nitrogens with one attached hydrogen (secondary N) is 1. The fourth-order valence-electron chi connectivity index (χ4n) is 3.69. The highest BCUT2D eigenvalue weighted by atomic mass is 16.5. The molecule has 1 saturated carbocycles. The number of carbonyl (C=O) groups excluding carboxylic acids is 1. The molecule has 0 radical (unpaired) electrons. The molecular weight excluding hydrogens is 298 g/mol. The number of benzene rings is 2. The maximum absolute atomic E-state index is 13.1. The largest absolute Gasteiger partial charge is 0.497 e. The lowest BCUT2D eigenvalue weighted by atomic mass is 9.77. The predicted molar refractivity (Wildman–Crippen MR) is 96.1 cm³/mol. The summed E-state index contributed by atoms with van der Waals surface area (Å²) in [6, 6.07) is 18.1. The summed E-state index contributed by atoms with van der Waals surface area (Å²) in [6.07, 6.45) is 4.08. The molecule has 0 bridgehead atoms. The first-order valence-electron chi connectivity index (χ1n) is 8.66. The van der Waals surface area contributed by atoms with Crippen LogP contribution in [-0.2, 0) is 10.2 Å². The van der Waals surface area contributed by atoms with Crippen LogP contribution >= 0.6 is 0 Å². The van der Waals surface area contributed by atoms with Crippen molar-refractivity contribution in [2.24, 2.45) is 0 Å². The van der Waals surface area contributed by atoms with Crippen molar-refractivity contribution in [3.63, 3.8) is 0 Å². The molecule has 2 aromatic rings. The summed E-state index contributed by atoms with van der Waals surface area (Å²) in [4.78, 5) is 13.1. The predicted octanol–water partition coefficient (Wildman–Crippen LogP) is 4.38. The molecule has 1 atom stereocenters. The first-order valence-corrected chi connectivity index (χ1v) is 8.66. The van der Waals surface area contributed by atoms with Crippen LogP contribution in [0.5, 0.6) is 5.75 Å². The third-order valence-corrected chi connectivity index (χ3v) is 5.18. The highest BCUT2D eigenvalue weighted by Crippen LogP contribution is 2.41. The molecule has 1 fully saturated rings. The van der Waals surface area contributed by atoms with Crippen LogP contribution in [0.25, 0.3) is 0 Å². The molecule has 1 aliphatic rings. The summed E-state index contributed by atoms with van der Waals surface area (Å²) in [5.41, 5.74) is 1.86. The van der Waals surface area contributed by atoms with Crippen LogP contribution in [0.4, 0.5) is 0 Å². The zero-order valence-corrected chi connectivity index (χ0v) is 14.4. The lowest BCUT2D eigenvalue weighted by Crippen LogP contribution is -2.43. The fourth-order valence-corrected chi connectivity index (χ4v) is 3.69. The molecule has 1 aliphatic carbocycles. The first kappa shape index (κ1) is 16.6. The molecule has 1 unspecified atom stereocenters. The molecule has 0 saturated heterocycles. The van der Waals surface area contributed by atoms with Gasteiger partial charge in [0.05, 0.1) is 18.6 Å². The van der Waals surface area contributed by atoms with Crippen LogP contribution in [0.2, 0.25) is 0 Å². The number of rotatable bonds is 5. The summed E-state index contributed by atoms with van der Waals surface area (Å²) in [5, 5.41) is 3.24. The summed E-state index contributed by atoms with van der Waals surface area (Å²) in [6.45, 7) is 2.04. The first-order chi connectivity index (χ1) is 11.7. The summed E-state index contributed by atoms with van der Waals surface area (Å²) >= 11 is 0. The Morgan fingerprint density at radius 2 is 1.67 bits per heavy atom. The maximum Gasteiger partial charge on any atom is 0.231 e. The summed E-state index contributed by atoms with van der Waals surface area (Å²) < 4.78 is 5.20. The van der Waals surface area contributed by atoms with Gasteiger partial charge in [-0.2, -0.15) is 0 Å². The van der Waals surface area contributed by atoms with Gasteiger partial charge in [-0.3, -0.25) is 4.79 Å². The van der Waals surface area contributed by atoms with Gasteiger partial charge in [0.25, 0.3) is 0 Å². The van der Waals surface area contributed by atoms with Crippen molar-refractivity contribution in [3.05, 3.63) is 65.7 Å². The monoisotopic (exact) mass is 323 g/mol. The molecule has 0 aromatic heterocycles. The van der Waals surface area contributed by atoms with E-state index in [-0.39, 0.29) is 17.4 Å². The molecule has 0 heterocycles.